The van der Waals surface area contributed by atoms with E-state index in [9.17, 15) is 9.90 Å². The van der Waals surface area contributed by atoms with E-state index in [0.29, 0.717) is 58.8 Å². The van der Waals surface area contributed by atoms with Gasteiger partial charge in [-0.1, -0.05) is 37.2 Å². The number of carbonyl (C=O) groups is 1. The van der Waals surface area contributed by atoms with Gasteiger partial charge in [-0.15, -0.1) is 0 Å². The summed E-state index contributed by atoms with van der Waals surface area (Å²) in [5, 5.41) is 18.5. The molecular formula is C26H28ClN3O4. The van der Waals surface area contributed by atoms with Crippen LogP contribution in [0.5, 0.6) is 17.2 Å². The van der Waals surface area contributed by atoms with Crippen molar-refractivity contribution in [3.05, 3.63) is 70.4 Å². The molecule has 2 aromatic carbocycles. The third kappa shape index (κ3) is 4.12. The summed E-state index contributed by atoms with van der Waals surface area (Å²) >= 11 is 6.36. The molecule has 2 N–H and O–H groups in total. The largest absolute Gasteiger partial charge is 0.507 e. The quantitative estimate of drug-likeness (QED) is 0.385. The molecule has 0 fully saturated rings. The molecule has 8 heteroatoms. The highest BCUT2D eigenvalue weighted by Crippen LogP contribution is 2.46. The number of rotatable bonds is 9. The molecule has 1 atom stereocenters. The Kier molecular flexibility index (Phi) is 6.84. The fraction of sp³-hybridized carbons (Fsp3) is 0.308. The molecule has 34 heavy (non-hydrogen) atoms. The zero-order chi connectivity index (χ0) is 24.4. The van der Waals surface area contributed by atoms with Crippen LogP contribution >= 0.6 is 11.6 Å². The van der Waals surface area contributed by atoms with E-state index >= 15 is 0 Å². The number of phenolic OH excluding ortho intramolecular Hbond substituents is 1. The van der Waals surface area contributed by atoms with Gasteiger partial charge in [0.25, 0.3) is 5.91 Å². The number of halogens is 1. The molecular weight excluding hydrogens is 454 g/mol. The van der Waals surface area contributed by atoms with E-state index in [4.69, 9.17) is 21.1 Å². The minimum absolute atomic E-state index is 0.0551. The number of carbonyl (C=O) groups excluding carboxylic acids is 1. The SMILES string of the molecule is C=CCOc1ccc(C2c3c(-c4cc(Cl)c(C)cc4O)n[nH]c3C(=O)N2CCC)cc1OCC. The predicted molar refractivity (Wildman–Crippen MR) is 132 cm³/mol. The van der Waals surface area contributed by atoms with Crippen LogP contribution in [-0.4, -0.2) is 45.9 Å². The van der Waals surface area contributed by atoms with Gasteiger partial charge in [-0.3, -0.25) is 9.89 Å². The Balaban J connectivity index is 1.88. The summed E-state index contributed by atoms with van der Waals surface area (Å²) in [6.07, 6.45) is 2.46. The van der Waals surface area contributed by atoms with Crippen molar-refractivity contribution in [1.82, 2.24) is 15.1 Å². The lowest BCUT2D eigenvalue weighted by molar-refractivity contribution is 0.0743. The third-order valence-electron chi connectivity index (χ3n) is 5.80. The first-order valence-corrected chi connectivity index (χ1v) is 11.7. The Morgan fingerprint density at radius 3 is 2.74 bits per heavy atom. The fourth-order valence-corrected chi connectivity index (χ4v) is 4.47. The molecule has 1 amide bonds. The topological polar surface area (TPSA) is 87.7 Å². The summed E-state index contributed by atoms with van der Waals surface area (Å²) in [5.41, 5.74) is 3.70. The molecule has 2 heterocycles. The van der Waals surface area contributed by atoms with Gasteiger partial charge in [0.15, 0.2) is 11.5 Å². The van der Waals surface area contributed by atoms with E-state index in [0.717, 1.165) is 17.5 Å². The number of fused-ring (bicyclic) bond motifs is 1. The smallest absolute Gasteiger partial charge is 0.273 e. The van der Waals surface area contributed by atoms with Crippen LogP contribution in [0.3, 0.4) is 0 Å². The van der Waals surface area contributed by atoms with Crippen LogP contribution in [-0.2, 0) is 0 Å². The van der Waals surface area contributed by atoms with Gasteiger partial charge in [0.1, 0.15) is 23.7 Å². The minimum Gasteiger partial charge on any atom is -0.507 e. The number of nitrogens with one attached hydrogen (secondary N) is 1. The van der Waals surface area contributed by atoms with Crippen LogP contribution in [0.2, 0.25) is 5.02 Å². The second-order valence-corrected chi connectivity index (χ2v) is 8.53. The summed E-state index contributed by atoms with van der Waals surface area (Å²) in [4.78, 5) is 15.2. The summed E-state index contributed by atoms with van der Waals surface area (Å²) in [6, 6.07) is 8.54. The van der Waals surface area contributed by atoms with Crippen molar-refractivity contribution in [3.8, 4) is 28.5 Å². The summed E-state index contributed by atoms with van der Waals surface area (Å²) < 4.78 is 11.6. The van der Waals surface area contributed by atoms with E-state index in [2.05, 4.69) is 16.8 Å². The van der Waals surface area contributed by atoms with E-state index in [1.165, 1.54) is 0 Å². The van der Waals surface area contributed by atoms with Crippen LogP contribution in [0.1, 0.15) is 53.5 Å². The molecule has 178 valence electrons. The number of aromatic amines is 1. The lowest BCUT2D eigenvalue weighted by Gasteiger charge is -2.26. The summed E-state index contributed by atoms with van der Waals surface area (Å²) in [5.74, 6) is 1.11. The summed E-state index contributed by atoms with van der Waals surface area (Å²) in [6.45, 7) is 10.8. The molecule has 1 aliphatic heterocycles. The van der Waals surface area contributed by atoms with E-state index in [-0.39, 0.29) is 11.7 Å². The number of hydrogen-bond donors (Lipinski definition) is 2. The second kappa shape index (κ2) is 9.81. The number of hydrogen-bond acceptors (Lipinski definition) is 5. The Morgan fingerprint density at radius 1 is 1.24 bits per heavy atom. The zero-order valence-electron chi connectivity index (χ0n) is 19.5. The van der Waals surface area contributed by atoms with E-state index < -0.39 is 6.04 Å². The molecule has 0 saturated heterocycles. The molecule has 0 aliphatic carbocycles. The number of aromatic hydroxyl groups is 1. The number of benzene rings is 2. The van der Waals surface area contributed by atoms with Gasteiger partial charge in [-0.25, -0.2) is 0 Å². The van der Waals surface area contributed by atoms with Crippen molar-refractivity contribution in [3.63, 3.8) is 0 Å². The average molecular weight is 482 g/mol. The first kappa shape index (κ1) is 23.7. The lowest BCUT2D eigenvalue weighted by Crippen LogP contribution is -2.30. The van der Waals surface area contributed by atoms with Crippen molar-refractivity contribution in [2.45, 2.75) is 33.2 Å². The van der Waals surface area contributed by atoms with Crippen molar-refractivity contribution in [2.24, 2.45) is 0 Å². The Morgan fingerprint density at radius 2 is 2.03 bits per heavy atom. The molecule has 3 aromatic rings. The van der Waals surface area contributed by atoms with Crippen LogP contribution in [0.4, 0.5) is 0 Å². The average Bonchev–Trinajstić information content (AvgIpc) is 3.35. The monoisotopic (exact) mass is 481 g/mol. The van der Waals surface area contributed by atoms with Gasteiger partial charge >= 0.3 is 0 Å². The number of phenols is 1. The van der Waals surface area contributed by atoms with Gasteiger partial charge in [0.2, 0.25) is 0 Å². The van der Waals surface area contributed by atoms with Crippen molar-refractivity contribution < 1.29 is 19.4 Å². The van der Waals surface area contributed by atoms with Crippen molar-refractivity contribution >= 4 is 17.5 Å². The van der Waals surface area contributed by atoms with E-state index in [1.807, 2.05) is 43.9 Å². The molecule has 7 nitrogen and oxygen atoms in total. The number of nitrogens with zero attached hydrogens (tertiary/aromatic N) is 2. The minimum atomic E-state index is -0.414. The fourth-order valence-electron chi connectivity index (χ4n) is 4.31. The highest BCUT2D eigenvalue weighted by Gasteiger charge is 2.42. The molecule has 0 bridgehead atoms. The number of H-pyrrole nitrogens is 1. The molecule has 0 saturated carbocycles. The Bertz CT molecular complexity index is 1240. The van der Waals surface area contributed by atoms with Crippen LogP contribution in [0, 0.1) is 6.92 Å². The molecule has 1 aromatic heterocycles. The van der Waals surface area contributed by atoms with Gasteiger partial charge in [-0.05, 0) is 55.7 Å². The lowest BCUT2D eigenvalue weighted by atomic mass is 9.95. The van der Waals surface area contributed by atoms with Crippen LogP contribution in [0.15, 0.2) is 43.0 Å². The van der Waals surface area contributed by atoms with Gasteiger partial charge in [0.05, 0.1) is 12.6 Å². The van der Waals surface area contributed by atoms with Gasteiger partial charge < -0.3 is 19.5 Å². The van der Waals surface area contributed by atoms with Crippen LogP contribution < -0.4 is 9.47 Å². The first-order chi connectivity index (χ1) is 16.4. The number of amides is 1. The second-order valence-electron chi connectivity index (χ2n) is 8.12. The molecule has 4 rings (SSSR count). The number of ether oxygens (including phenoxy) is 2. The summed E-state index contributed by atoms with van der Waals surface area (Å²) in [7, 11) is 0. The Hall–Kier alpha value is -3.45. The van der Waals surface area contributed by atoms with Gasteiger partial charge in [-0.2, -0.15) is 5.10 Å². The molecule has 1 unspecified atom stereocenters. The Labute approximate surface area is 204 Å². The molecule has 1 aliphatic rings. The van der Waals surface area contributed by atoms with Crippen LogP contribution in [0.25, 0.3) is 11.3 Å². The predicted octanol–water partition coefficient (Wildman–Crippen LogP) is 5.66. The van der Waals surface area contributed by atoms with E-state index in [1.54, 1.807) is 18.2 Å². The van der Waals surface area contributed by atoms with Crippen molar-refractivity contribution in [1.29, 1.82) is 0 Å². The number of aromatic nitrogens is 2. The van der Waals surface area contributed by atoms with Gasteiger partial charge in [0, 0.05) is 22.7 Å². The zero-order valence-corrected chi connectivity index (χ0v) is 20.3. The first-order valence-electron chi connectivity index (χ1n) is 11.3. The number of aryl methyl sites for hydroxylation is 1. The molecule has 0 radical (unpaired) electrons. The maximum absolute atomic E-state index is 13.3. The highest BCUT2D eigenvalue weighted by atomic mass is 35.5. The maximum Gasteiger partial charge on any atom is 0.273 e. The van der Waals surface area contributed by atoms with Crippen molar-refractivity contribution in [2.75, 3.05) is 19.8 Å². The normalized spacial score (nSPS) is 14.9. The maximum atomic E-state index is 13.3. The third-order valence-corrected chi connectivity index (χ3v) is 6.21. The molecule has 0 spiro atoms. The standard InChI is InChI=1S/C26H28ClN3O4/c1-5-10-30-25(16-8-9-20(34-11-6-2)21(13-16)33-7-3)22-23(28-29-24(22)26(30)32)17-14-18(27)15(4)12-19(17)31/h6,8-9,12-14,25,31H,2,5,7,10-11H2,1,3-4H3,(H,28,29). The highest BCUT2D eigenvalue weighted by molar-refractivity contribution is 6.31.